The second-order valence-electron chi connectivity index (χ2n) is 5.72. The van der Waals surface area contributed by atoms with Crippen LogP contribution in [0.4, 0.5) is 5.69 Å². The third-order valence-corrected chi connectivity index (χ3v) is 4.21. The predicted molar refractivity (Wildman–Crippen MR) is 78.3 cm³/mol. The molecule has 1 saturated carbocycles. The lowest BCUT2D eigenvalue weighted by atomic mass is 10.1. The minimum absolute atomic E-state index is 0.490. The maximum absolute atomic E-state index is 5.73. The first-order chi connectivity index (χ1) is 9.36. The van der Waals surface area contributed by atoms with Gasteiger partial charge in [-0.2, -0.15) is 0 Å². The fourth-order valence-electron chi connectivity index (χ4n) is 2.89. The Morgan fingerprint density at radius 2 is 1.95 bits per heavy atom. The zero-order chi connectivity index (χ0) is 13.1. The van der Waals surface area contributed by atoms with Gasteiger partial charge in [0, 0.05) is 31.4 Å². The Bertz CT molecular complexity index is 394. The van der Waals surface area contributed by atoms with E-state index in [1.54, 1.807) is 0 Å². The average molecular weight is 260 g/mol. The van der Waals surface area contributed by atoms with E-state index in [1.807, 2.05) is 0 Å². The number of benzene rings is 1. The number of hydrogen-bond donors (Lipinski definition) is 1. The molecular formula is C16H24N2O. The summed E-state index contributed by atoms with van der Waals surface area (Å²) in [4.78, 5) is 2.56. The van der Waals surface area contributed by atoms with Crippen molar-refractivity contribution in [2.24, 2.45) is 5.73 Å². The molecule has 3 heteroatoms. The lowest BCUT2D eigenvalue weighted by molar-refractivity contribution is 0.105. The van der Waals surface area contributed by atoms with E-state index in [1.165, 1.54) is 36.9 Å². The summed E-state index contributed by atoms with van der Waals surface area (Å²) < 4.78 is 5.73. The first kappa shape index (κ1) is 12.9. The van der Waals surface area contributed by atoms with Crippen molar-refractivity contribution in [2.45, 2.75) is 50.8 Å². The van der Waals surface area contributed by atoms with Gasteiger partial charge in [0.1, 0.15) is 0 Å². The van der Waals surface area contributed by atoms with Crippen LogP contribution < -0.4 is 10.6 Å². The summed E-state index contributed by atoms with van der Waals surface area (Å²) in [6.07, 6.45) is 6.80. The maximum atomic E-state index is 5.73. The smallest absolute Gasteiger partial charge is 0.0592 e. The summed E-state index contributed by atoms with van der Waals surface area (Å²) in [6.45, 7) is 2.70. The van der Waals surface area contributed by atoms with Gasteiger partial charge in [-0.1, -0.05) is 12.1 Å². The van der Waals surface area contributed by atoms with E-state index in [9.17, 15) is 0 Å². The van der Waals surface area contributed by atoms with Gasteiger partial charge < -0.3 is 15.4 Å². The number of rotatable bonds is 6. The summed E-state index contributed by atoms with van der Waals surface area (Å²) in [5.41, 5.74) is 8.21. The van der Waals surface area contributed by atoms with E-state index in [0.29, 0.717) is 12.6 Å². The lowest BCUT2D eigenvalue weighted by Crippen LogP contribution is -2.29. The van der Waals surface area contributed by atoms with E-state index in [4.69, 9.17) is 10.5 Å². The molecule has 2 aliphatic rings. The molecule has 1 unspecified atom stereocenters. The molecule has 1 aromatic carbocycles. The summed E-state index contributed by atoms with van der Waals surface area (Å²) in [7, 11) is 0. The topological polar surface area (TPSA) is 38.5 Å². The lowest BCUT2D eigenvalue weighted by Gasteiger charge is -2.26. The third kappa shape index (κ3) is 3.28. The molecule has 1 aliphatic carbocycles. The normalized spacial score (nSPS) is 22.7. The van der Waals surface area contributed by atoms with Crippen LogP contribution in [0.5, 0.6) is 0 Å². The van der Waals surface area contributed by atoms with Crippen molar-refractivity contribution in [3.63, 3.8) is 0 Å². The van der Waals surface area contributed by atoms with Gasteiger partial charge in [-0.25, -0.2) is 0 Å². The fourth-order valence-corrected chi connectivity index (χ4v) is 2.89. The van der Waals surface area contributed by atoms with E-state index in [0.717, 1.165) is 25.6 Å². The molecule has 0 radical (unpaired) electrons. The number of nitrogens with two attached hydrogens (primary N) is 1. The van der Waals surface area contributed by atoms with Gasteiger partial charge >= 0.3 is 0 Å². The Morgan fingerprint density at radius 3 is 2.53 bits per heavy atom. The molecule has 2 fully saturated rings. The molecule has 0 amide bonds. The quantitative estimate of drug-likeness (QED) is 0.854. The van der Waals surface area contributed by atoms with E-state index >= 15 is 0 Å². The molecule has 1 heterocycles. The zero-order valence-corrected chi connectivity index (χ0v) is 11.6. The van der Waals surface area contributed by atoms with E-state index in [-0.39, 0.29) is 0 Å². The van der Waals surface area contributed by atoms with Crippen molar-refractivity contribution in [1.82, 2.24) is 0 Å². The molecule has 3 nitrogen and oxygen atoms in total. The molecule has 1 aliphatic heterocycles. The highest BCUT2D eigenvalue weighted by molar-refractivity contribution is 5.49. The van der Waals surface area contributed by atoms with Crippen molar-refractivity contribution in [3.05, 3.63) is 29.8 Å². The monoisotopic (exact) mass is 260 g/mol. The first-order valence-corrected chi connectivity index (χ1v) is 7.54. The van der Waals surface area contributed by atoms with Gasteiger partial charge in [0.05, 0.1) is 6.10 Å². The highest BCUT2D eigenvalue weighted by atomic mass is 16.5. The summed E-state index contributed by atoms with van der Waals surface area (Å²) in [6, 6.07) is 9.49. The largest absolute Gasteiger partial charge is 0.378 e. The van der Waals surface area contributed by atoms with Crippen LogP contribution >= 0.6 is 0 Å². The molecule has 0 bridgehead atoms. The van der Waals surface area contributed by atoms with Crippen LogP contribution in [0.2, 0.25) is 0 Å². The van der Waals surface area contributed by atoms with Crippen LogP contribution in [0.1, 0.15) is 37.7 Å². The molecule has 1 atom stereocenters. The molecule has 0 aromatic heterocycles. The van der Waals surface area contributed by atoms with Gasteiger partial charge in [-0.05, 0) is 49.8 Å². The van der Waals surface area contributed by atoms with Crippen LogP contribution in [0.3, 0.4) is 0 Å². The molecular weight excluding hydrogens is 236 g/mol. The summed E-state index contributed by atoms with van der Waals surface area (Å²) in [5, 5.41) is 0. The third-order valence-electron chi connectivity index (χ3n) is 4.21. The van der Waals surface area contributed by atoms with Crippen LogP contribution in [-0.4, -0.2) is 25.3 Å². The van der Waals surface area contributed by atoms with Gasteiger partial charge in [-0.15, -0.1) is 0 Å². The predicted octanol–water partition coefficient (Wildman–Crippen LogP) is 2.68. The molecule has 0 spiro atoms. The van der Waals surface area contributed by atoms with Gasteiger partial charge in [0.25, 0.3) is 0 Å². The highest BCUT2D eigenvalue weighted by Gasteiger charge is 2.29. The molecule has 104 valence electrons. The number of anilines is 1. The van der Waals surface area contributed by atoms with Crippen LogP contribution in [0, 0.1) is 0 Å². The zero-order valence-electron chi connectivity index (χ0n) is 11.6. The minimum atomic E-state index is 0.490. The molecule has 2 N–H and O–H groups in total. The van der Waals surface area contributed by atoms with Crippen LogP contribution in [-0.2, 0) is 11.3 Å². The second kappa shape index (κ2) is 5.93. The molecule has 1 aromatic rings. The van der Waals surface area contributed by atoms with Crippen LogP contribution in [0.25, 0.3) is 0 Å². The van der Waals surface area contributed by atoms with Gasteiger partial charge in [0.2, 0.25) is 0 Å². The number of hydrogen-bond acceptors (Lipinski definition) is 3. The van der Waals surface area contributed by atoms with Crippen molar-refractivity contribution in [1.29, 1.82) is 0 Å². The Kier molecular flexibility index (Phi) is 4.04. The molecule has 1 saturated heterocycles. The molecule has 19 heavy (non-hydrogen) atoms. The maximum Gasteiger partial charge on any atom is 0.0592 e. The summed E-state index contributed by atoms with van der Waals surface area (Å²) in [5.74, 6) is 0. The number of nitrogens with zero attached hydrogens (tertiary/aromatic N) is 1. The fraction of sp³-hybridized carbons (Fsp3) is 0.625. The van der Waals surface area contributed by atoms with Crippen LogP contribution in [0.15, 0.2) is 24.3 Å². The van der Waals surface area contributed by atoms with Crippen molar-refractivity contribution in [3.8, 4) is 0 Å². The Balaban J connectivity index is 1.62. The van der Waals surface area contributed by atoms with E-state index < -0.39 is 0 Å². The highest BCUT2D eigenvalue weighted by Crippen LogP contribution is 2.32. The standard InChI is InChI=1S/C16H24N2O/c17-12-13-3-5-14(6-4-13)18(15-7-8-15)10-9-16-2-1-11-19-16/h3-6,15-16H,1-2,7-12,17H2. The summed E-state index contributed by atoms with van der Waals surface area (Å²) >= 11 is 0. The van der Waals surface area contributed by atoms with Crippen molar-refractivity contribution < 1.29 is 4.74 Å². The van der Waals surface area contributed by atoms with Gasteiger partial charge in [0.15, 0.2) is 0 Å². The Hall–Kier alpha value is -1.06. The van der Waals surface area contributed by atoms with Gasteiger partial charge in [-0.3, -0.25) is 0 Å². The molecule has 3 rings (SSSR count). The number of ether oxygens (including phenoxy) is 1. The van der Waals surface area contributed by atoms with Crippen molar-refractivity contribution in [2.75, 3.05) is 18.1 Å². The minimum Gasteiger partial charge on any atom is -0.378 e. The average Bonchev–Trinajstić information content (AvgIpc) is 3.15. The SMILES string of the molecule is NCc1ccc(N(CCC2CCCO2)C2CC2)cc1. The van der Waals surface area contributed by atoms with E-state index in [2.05, 4.69) is 29.2 Å². The van der Waals surface area contributed by atoms with Crippen molar-refractivity contribution >= 4 is 5.69 Å². The first-order valence-electron chi connectivity index (χ1n) is 7.54. The Morgan fingerprint density at radius 1 is 1.16 bits per heavy atom. The second-order valence-corrected chi connectivity index (χ2v) is 5.72. The Labute approximate surface area is 115 Å².